The van der Waals surface area contributed by atoms with E-state index in [-0.39, 0.29) is 5.41 Å². The average Bonchev–Trinajstić information content (AvgIpc) is 2.26. The normalized spacial score (nSPS) is 23.6. The molecule has 1 N–H and O–H groups in total. The van der Waals surface area contributed by atoms with Crippen molar-refractivity contribution in [1.82, 2.24) is 5.32 Å². The van der Waals surface area contributed by atoms with Gasteiger partial charge in [0.15, 0.2) is 0 Å². The van der Waals surface area contributed by atoms with Crippen LogP contribution in [0.1, 0.15) is 46.1 Å². The maximum absolute atomic E-state index is 5.95. The fraction of sp³-hybridized carbons (Fsp3) is 0.625. The fourth-order valence-electron chi connectivity index (χ4n) is 2.34. The molecule has 0 spiro atoms. The zero-order valence-electron chi connectivity index (χ0n) is 12.0. The van der Waals surface area contributed by atoms with Crippen molar-refractivity contribution < 1.29 is 4.74 Å². The van der Waals surface area contributed by atoms with E-state index in [9.17, 15) is 0 Å². The summed E-state index contributed by atoms with van der Waals surface area (Å²) in [6.07, 6.45) is 2.67. The van der Waals surface area contributed by atoms with Crippen molar-refractivity contribution in [2.45, 2.75) is 58.1 Å². The second-order valence-electron chi connectivity index (χ2n) is 6.24. The lowest BCUT2D eigenvalue weighted by Crippen LogP contribution is -2.46. The van der Waals surface area contributed by atoms with Crippen molar-refractivity contribution in [3.8, 4) is 5.75 Å². The van der Waals surface area contributed by atoms with Gasteiger partial charge < -0.3 is 10.1 Å². The molecule has 0 atom stereocenters. The second-order valence-corrected chi connectivity index (χ2v) is 6.24. The van der Waals surface area contributed by atoms with Gasteiger partial charge in [-0.15, -0.1) is 0 Å². The Morgan fingerprint density at radius 3 is 2.28 bits per heavy atom. The summed E-state index contributed by atoms with van der Waals surface area (Å²) in [6, 6.07) is 9.21. The summed E-state index contributed by atoms with van der Waals surface area (Å²) < 4.78 is 5.95. The van der Waals surface area contributed by atoms with Crippen LogP contribution in [0.25, 0.3) is 0 Å². The van der Waals surface area contributed by atoms with E-state index in [4.69, 9.17) is 4.74 Å². The van der Waals surface area contributed by atoms with Crippen LogP contribution in [0, 0.1) is 0 Å². The van der Waals surface area contributed by atoms with E-state index in [2.05, 4.69) is 57.3 Å². The van der Waals surface area contributed by atoms with Gasteiger partial charge in [0.1, 0.15) is 11.9 Å². The van der Waals surface area contributed by atoms with Crippen LogP contribution in [-0.2, 0) is 5.41 Å². The van der Waals surface area contributed by atoms with Crippen molar-refractivity contribution in [2.24, 2.45) is 0 Å². The van der Waals surface area contributed by atoms with Crippen LogP contribution in [-0.4, -0.2) is 18.7 Å². The first-order valence-electron chi connectivity index (χ1n) is 6.99. The lowest BCUT2D eigenvalue weighted by Gasteiger charge is -2.35. The van der Waals surface area contributed by atoms with Crippen LogP contribution in [0.15, 0.2) is 24.3 Å². The minimum absolute atomic E-state index is 0.213. The highest BCUT2D eigenvalue weighted by molar-refractivity contribution is 5.31. The molecular formula is C16H25NO. The molecule has 0 unspecified atom stereocenters. The summed E-state index contributed by atoms with van der Waals surface area (Å²) >= 11 is 0. The Labute approximate surface area is 111 Å². The van der Waals surface area contributed by atoms with Gasteiger partial charge in [-0.3, -0.25) is 0 Å². The van der Waals surface area contributed by atoms with Crippen LogP contribution in [0.3, 0.4) is 0 Å². The third kappa shape index (κ3) is 3.26. The summed E-state index contributed by atoms with van der Waals surface area (Å²) in [4.78, 5) is 0. The van der Waals surface area contributed by atoms with E-state index in [0.29, 0.717) is 12.1 Å². The maximum Gasteiger partial charge on any atom is 0.119 e. The number of hydrogen-bond acceptors (Lipinski definition) is 2. The highest BCUT2D eigenvalue weighted by atomic mass is 16.5. The topological polar surface area (TPSA) is 21.3 Å². The molecule has 1 aromatic carbocycles. The van der Waals surface area contributed by atoms with Crippen molar-refractivity contribution in [1.29, 1.82) is 0 Å². The first kappa shape index (κ1) is 13.4. The van der Waals surface area contributed by atoms with E-state index < -0.39 is 0 Å². The minimum atomic E-state index is 0.213. The summed E-state index contributed by atoms with van der Waals surface area (Å²) in [5, 5.41) is 3.45. The predicted octanol–water partition coefficient (Wildman–Crippen LogP) is 3.50. The highest BCUT2D eigenvalue weighted by Gasteiger charge is 2.29. The van der Waals surface area contributed by atoms with E-state index in [1.54, 1.807) is 0 Å². The smallest absolute Gasteiger partial charge is 0.119 e. The molecule has 0 heterocycles. The van der Waals surface area contributed by atoms with Crippen LogP contribution in [0.4, 0.5) is 0 Å². The van der Waals surface area contributed by atoms with Crippen LogP contribution < -0.4 is 10.1 Å². The summed E-state index contributed by atoms with van der Waals surface area (Å²) in [5.41, 5.74) is 1.57. The standard InChI is InChI=1S/C16H25NO/c1-5-17-13-10-15(11-13)18-14-8-6-12(7-9-14)16(2,3)4/h6-9,13,15,17H,5,10-11H2,1-4H3. The second kappa shape index (κ2) is 5.31. The Bertz CT molecular complexity index is 371. The molecule has 1 aliphatic carbocycles. The van der Waals surface area contributed by atoms with Gasteiger partial charge >= 0.3 is 0 Å². The Morgan fingerprint density at radius 1 is 1.17 bits per heavy atom. The molecular weight excluding hydrogens is 222 g/mol. The van der Waals surface area contributed by atoms with E-state index >= 15 is 0 Å². The summed E-state index contributed by atoms with van der Waals surface area (Å²) in [7, 11) is 0. The zero-order valence-corrected chi connectivity index (χ0v) is 12.0. The van der Waals surface area contributed by atoms with Gasteiger partial charge in [-0.1, -0.05) is 39.8 Å². The number of hydrogen-bond donors (Lipinski definition) is 1. The summed E-state index contributed by atoms with van der Waals surface area (Å²) in [5.74, 6) is 1.00. The molecule has 2 rings (SSSR count). The first-order valence-corrected chi connectivity index (χ1v) is 6.99. The number of benzene rings is 1. The van der Waals surface area contributed by atoms with Gasteiger partial charge in [-0.25, -0.2) is 0 Å². The average molecular weight is 247 g/mol. The quantitative estimate of drug-likeness (QED) is 0.879. The van der Waals surface area contributed by atoms with Gasteiger partial charge in [0.2, 0.25) is 0 Å². The molecule has 1 aliphatic rings. The Morgan fingerprint density at radius 2 is 1.78 bits per heavy atom. The van der Waals surface area contributed by atoms with Crippen molar-refractivity contribution in [2.75, 3.05) is 6.54 Å². The molecule has 18 heavy (non-hydrogen) atoms. The van der Waals surface area contributed by atoms with Crippen molar-refractivity contribution >= 4 is 0 Å². The molecule has 0 aromatic heterocycles. The molecule has 1 fully saturated rings. The third-order valence-corrected chi connectivity index (χ3v) is 3.61. The lowest BCUT2D eigenvalue weighted by molar-refractivity contribution is 0.0859. The van der Waals surface area contributed by atoms with Gasteiger partial charge in [-0.05, 0) is 42.5 Å². The van der Waals surface area contributed by atoms with Crippen LogP contribution in [0.5, 0.6) is 5.75 Å². The summed E-state index contributed by atoms with van der Waals surface area (Å²) in [6.45, 7) is 9.90. The van der Waals surface area contributed by atoms with Gasteiger partial charge in [0.25, 0.3) is 0 Å². The molecule has 0 amide bonds. The Kier molecular flexibility index (Phi) is 3.96. The monoisotopic (exact) mass is 247 g/mol. The van der Waals surface area contributed by atoms with Crippen LogP contribution in [0.2, 0.25) is 0 Å². The molecule has 2 heteroatoms. The first-order chi connectivity index (χ1) is 8.49. The number of ether oxygens (including phenoxy) is 1. The fourth-order valence-corrected chi connectivity index (χ4v) is 2.34. The van der Waals surface area contributed by atoms with E-state index in [0.717, 1.165) is 25.1 Å². The SMILES string of the molecule is CCNC1CC(Oc2ccc(C(C)(C)C)cc2)C1. The molecule has 0 saturated heterocycles. The van der Waals surface area contributed by atoms with Crippen LogP contribution >= 0.6 is 0 Å². The Balaban J connectivity index is 1.85. The third-order valence-electron chi connectivity index (χ3n) is 3.61. The van der Waals surface area contributed by atoms with E-state index in [1.807, 2.05) is 0 Å². The molecule has 0 bridgehead atoms. The molecule has 0 radical (unpaired) electrons. The molecule has 2 nitrogen and oxygen atoms in total. The molecule has 0 aliphatic heterocycles. The predicted molar refractivity (Wildman–Crippen MR) is 76.3 cm³/mol. The largest absolute Gasteiger partial charge is 0.490 e. The molecule has 100 valence electrons. The number of rotatable bonds is 4. The van der Waals surface area contributed by atoms with Gasteiger partial charge in [0.05, 0.1) is 0 Å². The lowest BCUT2D eigenvalue weighted by atomic mass is 9.87. The number of nitrogens with one attached hydrogen (secondary N) is 1. The highest BCUT2D eigenvalue weighted by Crippen LogP contribution is 2.28. The zero-order chi connectivity index (χ0) is 13.2. The van der Waals surface area contributed by atoms with Crippen molar-refractivity contribution in [3.05, 3.63) is 29.8 Å². The molecule has 1 aromatic rings. The van der Waals surface area contributed by atoms with Gasteiger partial charge in [-0.2, -0.15) is 0 Å². The maximum atomic E-state index is 5.95. The minimum Gasteiger partial charge on any atom is -0.490 e. The molecule has 1 saturated carbocycles. The van der Waals surface area contributed by atoms with E-state index in [1.165, 1.54) is 5.56 Å². The van der Waals surface area contributed by atoms with Gasteiger partial charge in [0, 0.05) is 6.04 Å². The Hall–Kier alpha value is -1.02. The van der Waals surface area contributed by atoms with Crippen molar-refractivity contribution in [3.63, 3.8) is 0 Å².